The molecule has 2 N–H and O–H groups in total. The molecule has 0 fully saturated rings. The van der Waals surface area contributed by atoms with Gasteiger partial charge in [-0.25, -0.2) is 8.42 Å². The molecule has 2 rings (SSSR count). The first-order valence-electron chi connectivity index (χ1n) is 6.78. The number of amides is 1. The molecule has 0 aliphatic carbocycles. The van der Waals surface area contributed by atoms with E-state index in [0.29, 0.717) is 11.1 Å². The van der Waals surface area contributed by atoms with Crippen molar-refractivity contribution in [1.29, 1.82) is 0 Å². The molecular weight excluding hydrogens is 300 g/mol. The van der Waals surface area contributed by atoms with E-state index in [4.69, 9.17) is 0 Å². The molecule has 2 aromatic rings. The Morgan fingerprint density at radius 2 is 1.73 bits per heavy atom. The second-order valence-corrected chi connectivity index (χ2v) is 6.84. The Bertz CT molecular complexity index is 771. The molecule has 0 heterocycles. The van der Waals surface area contributed by atoms with Crippen LogP contribution in [0.2, 0.25) is 0 Å². The minimum absolute atomic E-state index is 0.193. The molecule has 0 aromatic heterocycles. The van der Waals surface area contributed by atoms with Crippen molar-refractivity contribution in [2.45, 2.75) is 19.6 Å². The predicted octanol–water partition coefficient (Wildman–Crippen LogP) is 2.07. The van der Waals surface area contributed by atoms with E-state index >= 15 is 0 Å². The lowest BCUT2D eigenvalue weighted by molar-refractivity contribution is 0.0944. The first-order chi connectivity index (χ1) is 10.4. The summed E-state index contributed by atoms with van der Waals surface area (Å²) in [4.78, 5) is 14.2. The Hall–Kier alpha value is -2.18. The third-order valence-electron chi connectivity index (χ3n) is 3.15. The van der Waals surface area contributed by atoms with Crippen LogP contribution in [0.25, 0.3) is 0 Å². The van der Waals surface area contributed by atoms with Crippen LogP contribution in [-0.2, 0) is 15.8 Å². The van der Waals surface area contributed by atoms with Gasteiger partial charge in [-0.05, 0) is 31.0 Å². The minimum Gasteiger partial charge on any atom is -0.274 e. The summed E-state index contributed by atoms with van der Waals surface area (Å²) in [7, 11) is -3.64. The minimum atomic E-state index is -3.64. The number of aryl methyl sites for hydroxylation is 2. The topological polar surface area (TPSA) is 75.3 Å². The van der Waals surface area contributed by atoms with Crippen LogP contribution >= 0.6 is 0 Å². The molecule has 6 heteroatoms. The van der Waals surface area contributed by atoms with Gasteiger partial charge >= 0.3 is 0 Å². The van der Waals surface area contributed by atoms with Crippen molar-refractivity contribution in [3.8, 4) is 0 Å². The lowest BCUT2D eigenvalue weighted by atomic mass is 10.1. The van der Waals surface area contributed by atoms with Gasteiger partial charge in [-0.1, -0.05) is 48.0 Å². The number of hydrazine groups is 1. The highest BCUT2D eigenvalue weighted by Gasteiger charge is 2.14. The van der Waals surface area contributed by atoms with Crippen molar-refractivity contribution in [2.24, 2.45) is 0 Å². The van der Waals surface area contributed by atoms with Gasteiger partial charge in [-0.15, -0.1) is 4.83 Å². The zero-order valence-electron chi connectivity index (χ0n) is 12.5. The molecule has 0 bridgehead atoms. The molecule has 2 aromatic carbocycles. The highest BCUT2D eigenvalue weighted by atomic mass is 32.2. The average molecular weight is 318 g/mol. The summed E-state index contributed by atoms with van der Waals surface area (Å²) in [5, 5.41) is 0. The predicted molar refractivity (Wildman–Crippen MR) is 85.6 cm³/mol. The Morgan fingerprint density at radius 1 is 1.05 bits per heavy atom. The Kier molecular flexibility index (Phi) is 4.95. The molecule has 116 valence electrons. The third kappa shape index (κ3) is 4.41. The summed E-state index contributed by atoms with van der Waals surface area (Å²) in [6.45, 7) is 3.73. The van der Waals surface area contributed by atoms with Gasteiger partial charge in [0.1, 0.15) is 0 Å². The fraction of sp³-hybridized carbons (Fsp3) is 0.188. The van der Waals surface area contributed by atoms with E-state index < -0.39 is 15.9 Å². The van der Waals surface area contributed by atoms with E-state index in [0.717, 1.165) is 11.1 Å². The van der Waals surface area contributed by atoms with Crippen molar-refractivity contribution >= 4 is 15.9 Å². The summed E-state index contributed by atoms with van der Waals surface area (Å²) in [5.41, 5.74) is 5.16. The molecule has 0 saturated heterocycles. The molecule has 0 aliphatic heterocycles. The Labute approximate surface area is 130 Å². The van der Waals surface area contributed by atoms with Gasteiger partial charge in [-0.3, -0.25) is 10.2 Å². The third-order valence-corrected chi connectivity index (χ3v) is 4.27. The van der Waals surface area contributed by atoms with Gasteiger partial charge in [0, 0.05) is 5.56 Å². The zero-order valence-corrected chi connectivity index (χ0v) is 13.3. The zero-order chi connectivity index (χ0) is 16.2. The number of carbonyl (C=O) groups is 1. The molecule has 22 heavy (non-hydrogen) atoms. The van der Waals surface area contributed by atoms with Crippen molar-refractivity contribution in [1.82, 2.24) is 10.3 Å². The van der Waals surface area contributed by atoms with Crippen molar-refractivity contribution < 1.29 is 13.2 Å². The normalized spacial score (nSPS) is 11.2. The van der Waals surface area contributed by atoms with E-state index in [1.165, 1.54) is 0 Å². The van der Waals surface area contributed by atoms with Crippen LogP contribution < -0.4 is 10.3 Å². The smallest absolute Gasteiger partial charge is 0.266 e. The number of hydrogen-bond donors (Lipinski definition) is 2. The van der Waals surface area contributed by atoms with Crippen molar-refractivity contribution in [3.63, 3.8) is 0 Å². The first-order valence-corrected chi connectivity index (χ1v) is 8.43. The second kappa shape index (κ2) is 6.72. The number of rotatable bonds is 5. The molecule has 0 unspecified atom stereocenters. The van der Waals surface area contributed by atoms with Crippen LogP contribution in [0.3, 0.4) is 0 Å². The van der Waals surface area contributed by atoms with Gasteiger partial charge in [0.15, 0.2) is 0 Å². The summed E-state index contributed by atoms with van der Waals surface area (Å²) in [6.07, 6.45) is 0. The van der Waals surface area contributed by atoms with E-state index in [-0.39, 0.29) is 5.75 Å². The van der Waals surface area contributed by atoms with Gasteiger partial charge in [0.25, 0.3) is 5.91 Å². The lowest BCUT2D eigenvalue weighted by Crippen LogP contribution is -2.42. The van der Waals surface area contributed by atoms with Crippen molar-refractivity contribution in [2.75, 3.05) is 0 Å². The molecular formula is C16H18N2O3S. The van der Waals surface area contributed by atoms with Crippen LogP contribution in [-0.4, -0.2) is 14.3 Å². The number of carbonyl (C=O) groups excluding carboxylic acids is 1. The maximum Gasteiger partial charge on any atom is 0.266 e. The van der Waals surface area contributed by atoms with Crippen molar-refractivity contribution in [3.05, 3.63) is 70.8 Å². The lowest BCUT2D eigenvalue weighted by Gasteiger charge is -2.10. The summed E-state index contributed by atoms with van der Waals surface area (Å²) >= 11 is 0. The number of nitrogens with one attached hydrogen (secondary N) is 2. The van der Waals surface area contributed by atoms with E-state index in [1.54, 1.807) is 43.3 Å². The number of benzene rings is 2. The largest absolute Gasteiger partial charge is 0.274 e. The van der Waals surface area contributed by atoms with Crippen LogP contribution in [0, 0.1) is 13.8 Å². The maximum atomic E-state index is 12.0. The highest BCUT2D eigenvalue weighted by molar-refractivity contribution is 7.88. The van der Waals surface area contributed by atoms with Crippen LogP contribution in [0.5, 0.6) is 0 Å². The fourth-order valence-corrected chi connectivity index (χ4v) is 3.04. The second-order valence-electron chi connectivity index (χ2n) is 5.12. The summed E-state index contributed by atoms with van der Waals surface area (Å²) in [6, 6.07) is 14.1. The molecule has 0 atom stereocenters. The molecule has 0 spiro atoms. The Balaban J connectivity index is 2.01. The fourth-order valence-electron chi connectivity index (χ4n) is 2.09. The number of hydrogen-bond acceptors (Lipinski definition) is 3. The monoisotopic (exact) mass is 318 g/mol. The molecule has 0 radical (unpaired) electrons. The maximum absolute atomic E-state index is 12.0. The molecule has 5 nitrogen and oxygen atoms in total. The van der Waals surface area contributed by atoms with Gasteiger partial charge in [0.2, 0.25) is 10.0 Å². The summed E-state index contributed by atoms with van der Waals surface area (Å²) < 4.78 is 23.9. The van der Waals surface area contributed by atoms with E-state index in [9.17, 15) is 13.2 Å². The van der Waals surface area contributed by atoms with Crippen LogP contribution in [0.1, 0.15) is 27.0 Å². The molecule has 1 amide bonds. The molecule has 0 saturated carbocycles. The highest BCUT2D eigenvalue weighted by Crippen LogP contribution is 2.10. The summed E-state index contributed by atoms with van der Waals surface area (Å²) in [5.74, 6) is -0.671. The SMILES string of the molecule is Cc1ccc(C(=O)NNS(=O)(=O)Cc2ccccc2)c(C)c1. The Morgan fingerprint density at radius 3 is 2.36 bits per heavy atom. The van der Waals surface area contributed by atoms with Crippen LogP contribution in [0.15, 0.2) is 48.5 Å². The quantitative estimate of drug-likeness (QED) is 0.829. The molecule has 0 aliphatic rings. The van der Waals surface area contributed by atoms with E-state index in [1.807, 2.05) is 19.1 Å². The number of sulfonamides is 1. The van der Waals surface area contributed by atoms with Gasteiger partial charge in [0.05, 0.1) is 5.75 Å². The average Bonchev–Trinajstić information content (AvgIpc) is 2.45. The van der Waals surface area contributed by atoms with Gasteiger partial charge < -0.3 is 0 Å². The van der Waals surface area contributed by atoms with E-state index in [2.05, 4.69) is 10.3 Å². The standard InChI is InChI=1S/C16H18N2O3S/c1-12-8-9-15(13(2)10-12)16(19)17-18-22(20,21)11-14-6-4-3-5-7-14/h3-10,18H,11H2,1-2H3,(H,17,19). The van der Waals surface area contributed by atoms with Crippen LogP contribution in [0.4, 0.5) is 0 Å². The van der Waals surface area contributed by atoms with Gasteiger partial charge in [-0.2, -0.15) is 0 Å². The first kappa shape index (κ1) is 16.2.